The van der Waals surface area contributed by atoms with Gasteiger partial charge in [-0.2, -0.15) is 4.31 Å². The van der Waals surface area contributed by atoms with Gasteiger partial charge in [-0.05, 0) is 34.5 Å². The van der Waals surface area contributed by atoms with Crippen LogP contribution < -0.4 is 5.32 Å². The number of nitrogens with one attached hydrogen (secondary N) is 1. The predicted molar refractivity (Wildman–Crippen MR) is 125 cm³/mol. The van der Waals surface area contributed by atoms with Crippen molar-refractivity contribution in [2.24, 2.45) is 0 Å². The van der Waals surface area contributed by atoms with Crippen LogP contribution in [0.25, 0.3) is 21.0 Å². The summed E-state index contributed by atoms with van der Waals surface area (Å²) < 4.78 is 33.2. The number of ether oxygens (including phenoxy) is 1. The first-order valence-electron chi connectivity index (χ1n) is 10.3. The van der Waals surface area contributed by atoms with Crippen LogP contribution in [0.3, 0.4) is 0 Å². The number of aromatic nitrogens is 1. The molecule has 1 saturated heterocycles. The summed E-state index contributed by atoms with van der Waals surface area (Å²) in [6.45, 7) is 1.49. The Morgan fingerprint density at radius 1 is 1.06 bits per heavy atom. The third kappa shape index (κ3) is 4.12. The number of hydrogen-bond donors (Lipinski definition) is 1. The fourth-order valence-corrected chi connectivity index (χ4v) is 6.27. The molecule has 32 heavy (non-hydrogen) atoms. The van der Waals surface area contributed by atoms with E-state index in [9.17, 15) is 13.2 Å². The average Bonchev–Trinajstić information content (AvgIpc) is 3.21. The Hall–Kier alpha value is -2.85. The van der Waals surface area contributed by atoms with E-state index < -0.39 is 10.0 Å². The van der Waals surface area contributed by atoms with Gasteiger partial charge < -0.3 is 10.1 Å². The Bertz CT molecular complexity index is 1400. The Labute approximate surface area is 189 Å². The summed E-state index contributed by atoms with van der Waals surface area (Å²) in [6.07, 6.45) is 0.230. The summed E-state index contributed by atoms with van der Waals surface area (Å²) in [5, 5.41) is 5.45. The topological polar surface area (TPSA) is 88.6 Å². The minimum absolute atomic E-state index is 0.165. The molecule has 1 aliphatic heterocycles. The maximum atomic E-state index is 12.9. The first-order chi connectivity index (χ1) is 15.5. The zero-order valence-corrected chi connectivity index (χ0v) is 18.8. The van der Waals surface area contributed by atoms with E-state index in [2.05, 4.69) is 10.3 Å². The van der Waals surface area contributed by atoms with Gasteiger partial charge in [-0.15, -0.1) is 0 Å². The number of benzene rings is 3. The van der Waals surface area contributed by atoms with Crippen LogP contribution in [0.5, 0.6) is 0 Å². The fraction of sp³-hybridized carbons (Fsp3) is 0.217. The Morgan fingerprint density at radius 2 is 1.84 bits per heavy atom. The number of nitrogens with zero attached hydrogens (tertiary/aromatic N) is 2. The second kappa shape index (κ2) is 8.59. The van der Waals surface area contributed by atoms with Crippen molar-refractivity contribution in [3.8, 4) is 0 Å². The lowest BCUT2D eigenvalue weighted by Gasteiger charge is -2.25. The maximum absolute atomic E-state index is 12.9. The van der Waals surface area contributed by atoms with Gasteiger partial charge in [-0.1, -0.05) is 53.8 Å². The lowest BCUT2D eigenvalue weighted by molar-refractivity contribution is -0.115. The van der Waals surface area contributed by atoms with Gasteiger partial charge >= 0.3 is 0 Å². The van der Waals surface area contributed by atoms with Crippen molar-refractivity contribution in [2.45, 2.75) is 11.3 Å². The van der Waals surface area contributed by atoms with E-state index in [0.29, 0.717) is 41.7 Å². The molecule has 7 nitrogen and oxygen atoms in total. The van der Waals surface area contributed by atoms with E-state index in [1.807, 2.05) is 42.5 Å². The summed E-state index contributed by atoms with van der Waals surface area (Å²) in [4.78, 5) is 17.4. The van der Waals surface area contributed by atoms with Gasteiger partial charge in [0.15, 0.2) is 5.13 Å². The van der Waals surface area contributed by atoms with Crippen molar-refractivity contribution < 1.29 is 17.9 Å². The van der Waals surface area contributed by atoms with Gasteiger partial charge in [0.25, 0.3) is 0 Å². The maximum Gasteiger partial charge on any atom is 0.243 e. The van der Waals surface area contributed by atoms with Crippen molar-refractivity contribution in [3.05, 3.63) is 66.2 Å². The molecule has 3 aromatic carbocycles. The monoisotopic (exact) mass is 467 g/mol. The summed E-state index contributed by atoms with van der Waals surface area (Å²) in [5.74, 6) is -0.165. The molecule has 0 saturated carbocycles. The summed E-state index contributed by atoms with van der Waals surface area (Å²) in [6, 6.07) is 18.7. The van der Waals surface area contributed by atoms with Crippen LogP contribution in [0.1, 0.15) is 5.56 Å². The van der Waals surface area contributed by atoms with Crippen LogP contribution in [0.2, 0.25) is 0 Å². The number of amides is 1. The van der Waals surface area contributed by atoms with Crippen molar-refractivity contribution in [1.29, 1.82) is 0 Å². The molecule has 0 spiro atoms. The van der Waals surface area contributed by atoms with Gasteiger partial charge in [0.1, 0.15) is 0 Å². The molecule has 4 aromatic rings. The highest BCUT2D eigenvalue weighted by molar-refractivity contribution is 7.89. The number of carbonyl (C=O) groups is 1. The summed E-state index contributed by atoms with van der Waals surface area (Å²) in [5.41, 5.74) is 1.59. The molecular formula is C23H21N3O4S2. The molecule has 0 aliphatic carbocycles. The van der Waals surface area contributed by atoms with Crippen molar-refractivity contribution in [2.75, 3.05) is 31.6 Å². The van der Waals surface area contributed by atoms with E-state index in [1.165, 1.54) is 15.6 Å². The van der Waals surface area contributed by atoms with Crippen LogP contribution in [0.4, 0.5) is 5.13 Å². The highest BCUT2D eigenvalue weighted by Crippen LogP contribution is 2.30. The number of thiazole rings is 1. The largest absolute Gasteiger partial charge is 0.379 e. The Morgan fingerprint density at radius 3 is 2.69 bits per heavy atom. The number of rotatable bonds is 5. The molecule has 9 heteroatoms. The number of carbonyl (C=O) groups excluding carboxylic acids is 1. The van der Waals surface area contributed by atoms with E-state index in [1.54, 1.807) is 18.2 Å². The molecule has 164 valence electrons. The fourth-order valence-electron chi connectivity index (χ4n) is 3.84. The molecule has 2 heterocycles. The molecule has 0 unspecified atom stereocenters. The standard InChI is InChI=1S/C23H21N3O4S2/c27-22(14-17-6-3-5-16-4-1-2-7-19(16)17)25-23-24-20-9-8-18(15-21(20)31-23)32(28,29)26-10-12-30-13-11-26/h1-9,15H,10-14H2,(H,24,25,27). The average molecular weight is 468 g/mol. The van der Waals surface area contributed by atoms with Gasteiger partial charge in [0, 0.05) is 13.1 Å². The van der Waals surface area contributed by atoms with Crippen molar-refractivity contribution in [1.82, 2.24) is 9.29 Å². The summed E-state index contributed by atoms with van der Waals surface area (Å²) in [7, 11) is -3.58. The molecule has 1 aromatic heterocycles. The van der Waals surface area contributed by atoms with Crippen molar-refractivity contribution in [3.63, 3.8) is 0 Å². The molecular weight excluding hydrogens is 446 g/mol. The third-order valence-electron chi connectivity index (χ3n) is 5.45. The van der Waals surface area contributed by atoms with E-state index in [0.717, 1.165) is 16.3 Å². The van der Waals surface area contributed by atoms with E-state index in [-0.39, 0.29) is 17.2 Å². The number of sulfonamides is 1. The normalized spacial score (nSPS) is 15.2. The van der Waals surface area contributed by atoms with E-state index >= 15 is 0 Å². The van der Waals surface area contributed by atoms with Crippen LogP contribution in [0.15, 0.2) is 65.6 Å². The van der Waals surface area contributed by atoms with Crippen molar-refractivity contribution >= 4 is 53.4 Å². The quantitative estimate of drug-likeness (QED) is 0.484. The molecule has 0 radical (unpaired) electrons. The molecule has 1 aliphatic rings. The lowest BCUT2D eigenvalue weighted by atomic mass is 10.0. The van der Waals surface area contributed by atoms with Crippen LogP contribution in [-0.2, 0) is 26.0 Å². The first kappa shape index (κ1) is 21.0. The lowest BCUT2D eigenvalue weighted by Crippen LogP contribution is -2.40. The highest BCUT2D eigenvalue weighted by Gasteiger charge is 2.26. The van der Waals surface area contributed by atoms with Crippen LogP contribution >= 0.6 is 11.3 Å². The smallest absolute Gasteiger partial charge is 0.243 e. The van der Waals surface area contributed by atoms with Gasteiger partial charge in [-0.25, -0.2) is 13.4 Å². The SMILES string of the molecule is O=C(Cc1cccc2ccccc12)Nc1nc2ccc(S(=O)(=O)N3CCOCC3)cc2s1. The first-order valence-corrected chi connectivity index (χ1v) is 12.5. The highest BCUT2D eigenvalue weighted by atomic mass is 32.2. The Kier molecular flexibility index (Phi) is 5.64. The summed E-state index contributed by atoms with van der Waals surface area (Å²) >= 11 is 1.27. The molecule has 0 atom stereocenters. The minimum Gasteiger partial charge on any atom is -0.379 e. The molecule has 1 amide bonds. The zero-order chi connectivity index (χ0) is 22.1. The van der Waals surface area contributed by atoms with Gasteiger partial charge in [0.2, 0.25) is 15.9 Å². The second-order valence-corrected chi connectivity index (χ2v) is 10.5. The Balaban J connectivity index is 1.35. The zero-order valence-electron chi connectivity index (χ0n) is 17.2. The second-order valence-electron chi connectivity index (χ2n) is 7.53. The molecule has 5 rings (SSSR count). The molecule has 1 fully saturated rings. The minimum atomic E-state index is -3.58. The predicted octanol–water partition coefficient (Wildman–Crippen LogP) is 3.65. The number of morpholine rings is 1. The van der Waals surface area contributed by atoms with E-state index in [4.69, 9.17) is 4.74 Å². The number of anilines is 1. The number of fused-ring (bicyclic) bond motifs is 2. The van der Waals surface area contributed by atoms with Gasteiger partial charge in [0.05, 0.1) is 34.7 Å². The molecule has 0 bridgehead atoms. The molecule has 1 N–H and O–H groups in total. The van der Waals surface area contributed by atoms with Crippen LogP contribution in [0, 0.1) is 0 Å². The van der Waals surface area contributed by atoms with Crippen LogP contribution in [-0.4, -0.2) is 49.9 Å². The van der Waals surface area contributed by atoms with Gasteiger partial charge in [-0.3, -0.25) is 4.79 Å². The third-order valence-corrected chi connectivity index (χ3v) is 8.27. The number of hydrogen-bond acceptors (Lipinski definition) is 6.